The van der Waals surface area contributed by atoms with E-state index in [4.69, 9.17) is 0 Å². The Bertz CT molecular complexity index is 279. The molecular weight excluding hydrogens is 236 g/mol. The summed E-state index contributed by atoms with van der Waals surface area (Å²) in [5, 5.41) is 22.6. The molecule has 5 heteroatoms. The number of carbonyl (C=O) groups is 2. The fraction of sp³-hybridized carbons (Fsp3) is 0.833. The monoisotopic (exact) mass is 258 g/mol. The van der Waals surface area contributed by atoms with Crippen LogP contribution in [0, 0.1) is 11.3 Å². The Labute approximate surface area is 104 Å². The van der Waals surface area contributed by atoms with Gasteiger partial charge in [0.05, 0.1) is 11.9 Å². The Kier molecular flexibility index (Phi) is 5.38. The number of aliphatic carboxylic acids is 2. The van der Waals surface area contributed by atoms with Gasteiger partial charge in [-0.2, -0.15) is 0 Å². The van der Waals surface area contributed by atoms with Gasteiger partial charge in [0.1, 0.15) is 0 Å². The van der Waals surface area contributed by atoms with Crippen LogP contribution in [0.15, 0.2) is 0 Å². The van der Waals surface area contributed by atoms with Gasteiger partial charge in [-0.1, -0.05) is 39.9 Å². The lowest BCUT2D eigenvalue weighted by atomic mass is 9.80. The summed E-state index contributed by atoms with van der Waals surface area (Å²) in [5.74, 6) is -2.97. The van der Waals surface area contributed by atoms with Crippen molar-refractivity contribution >= 4 is 20.0 Å². The molecule has 100 valence electrons. The summed E-state index contributed by atoms with van der Waals surface area (Å²) in [4.78, 5) is 22.6. The summed E-state index contributed by atoms with van der Waals surface area (Å²) >= 11 is 0. The Morgan fingerprint density at radius 3 is 1.82 bits per heavy atom. The molecule has 0 fully saturated rings. The van der Waals surface area contributed by atoms with Crippen LogP contribution in [0.5, 0.6) is 0 Å². The molecule has 0 aliphatic heterocycles. The van der Waals surface area contributed by atoms with Crippen molar-refractivity contribution in [2.24, 2.45) is 11.3 Å². The van der Waals surface area contributed by atoms with Crippen LogP contribution in [0.1, 0.15) is 26.7 Å². The van der Waals surface area contributed by atoms with Crippen molar-refractivity contribution in [3.05, 3.63) is 0 Å². The molecule has 4 nitrogen and oxygen atoms in total. The summed E-state index contributed by atoms with van der Waals surface area (Å²) in [5.41, 5.74) is -1.82. The molecule has 0 aliphatic rings. The lowest BCUT2D eigenvalue weighted by molar-refractivity contribution is -0.342. The van der Waals surface area contributed by atoms with Crippen molar-refractivity contribution in [2.45, 2.75) is 52.4 Å². The van der Waals surface area contributed by atoms with E-state index < -0.39 is 25.4 Å². The van der Waals surface area contributed by atoms with Crippen molar-refractivity contribution in [1.29, 1.82) is 0 Å². The van der Waals surface area contributed by atoms with Crippen molar-refractivity contribution in [3.8, 4) is 0 Å². The molecule has 0 spiro atoms. The van der Waals surface area contributed by atoms with E-state index in [1.54, 1.807) is 0 Å². The van der Waals surface area contributed by atoms with Gasteiger partial charge in [-0.05, 0) is 18.4 Å². The van der Waals surface area contributed by atoms with Gasteiger partial charge in [-0.15, -0.1) is 0 Å². The van der Waals surface area contributed by atoms with Crippen molar-refractivity contribution in [2.75, 3.05) is 0 Å². The fourth-order valence-electron chi connectivity index (χ4n) is 2.11. The number of hydrogen-bond acceptors (Lipinski definition) is 4. The number of carboxylic acid groups (broad SMARTS) is 2. The highest BCUT2D eigenvalue weighted by molar-refractivity contribution is 6.76. The van der Waals surface area contributed by atoms with Gasteiger partial charge in [-0.3, -0.25) is 0 Å². The maximum atomic E-state index is 11.3. The molecule has 0 heterocycles. The van der Waals surface area contributed by atoms with Crippen LogP contribution >= 0.6 is 0 Å². The first-order chi connectivity index (χ1) is 7.55. The zero-order valence-electron chi connectivity index (χ0n) is 11.3. The second-order valence-electron chi connectivity index (χ2n) is 6.11. The van der Waals surface area contributed by atoms with Crippen LogP contribution in [0.2, 0.25) is 25.7 Å². The minimum Gasteiger partial charge on any atom is -0.549 e. The van der Waals surface area contributed by atoms with Gasteiger partial charge >= 0.3 is 0 Å². The predicted octanol–water partition coefficient (Wildman–Crippen LogP) is 0.247. The maximum Gasteiger partial charge on any atom is 0.0529 e. The molecule has 0 aromatic heterocycles. The van der Waals surface area contributed by atoms with Crippen molar-refractivity contribution < 1.29 is 19.8 Å². The summed E-state index contributed by atoms with van der Waals surface area (Å²) < 4.78 is 0. The fourth-order valence-corrected chi connectivity index (χ4v) is 4.35. The second kappa shape index (κ2) is 5.66. The van der Waals surface area contributed by atoms with E-state index >= 15 is 0 Å². The predicted molar refractivity (Wildman–Crippen MR) is 64.7 cm³/mol. The number of carbonyl (C=O) groups excluding carboxylic acids is 2. The van der Waals surface area contributed by atoms with Crippen LogP contribution in [-0.4, -0.2) is 20.0 Å². The molecule has 0 aromatic carbocycles. The summed E-state index contributed by atoms with van der Waals surface area (Å²) in [7, 11) is -1.84. The molecule has 0 N–H and O–H groups in total. The quantitative estimate of drug-likeness (QED) is 0.484. The zero-order chi connectivity index (χ0) is 13.9. The molecule has 0 amide bonds. The molecule has 0 bridgehead atoms. The average Bonchev–Trinajstić information content (AvgIpc) is 2.13. The van der Waals surface area contributed by atoms with Gasteiger partial charge in [-0.25, -0.2) is 0 Å². The third-order valence-corrected chi connectivity index (χ3v) is 4.67. The van der Waals surface area contributed by atoms with E-state index in [-0.39, 0.29) is 18.4 Å². The number of rotatable bonds is 7. The number of hydrogen-bond donors (Lipinski definition) is 0. The Morgan fingerprint density at radius 2 is 1.59 bits per heavy atom. The Hall–Kier alpha value is -0.843. The minimum atomic E-state index is -1.84. The molecule has 0 radical (unpaired) electrons. The molecule has 0 aromatic rings. The van der Waals surface area contributed by atoms with Crippen molar-refractivity contribution in [1.82, 2.24) is 0 Å². The topological polar surface area (TPSA) is 80.3 Å². The zero-order valence-corrected chi connectivity index (χ0v) is 12.3. The van der Waals surface area contributed by atoms with E-state index in [0.29, 0.717) is 0 Å². The highest BCUT2D eigenvalue weighted by Crippen LogP contribution is 2.36. The molecule has 17 heavy (non-hydrogen) atoms. The Morgan fingerprint density at radius 1 is 1.18 bits per heavy atom. The molecule has 1 atom stereocenters. The van der Waals surface area contributed by atoms with E-state index in [9.17, 15) is 19.8 Å². The lowest BCUT2D eigenvalue weighted by Gasteiger charge is -2.41. The maximum absolute atomic E-state index is 11.3. The first-order valence-corrected chi connectivity index (χ1v) is 9.69. The van der Waals surface area contributed by atoms with Crippen molar-refractivity contribution in [3.63, 3.8) is 0 Å². The van der Waals surface area contributed by atoms with Crippen LogP contribution in [0.4, 0.5) is 0 Å². The molecule has 0 aliphatic carbocycles. The van der Waals surface area contributed by atoms with Gasteiger partial charge in [0.15, 0.2) is 0 Å². The first-order valence-electron chi connectivity index (χ1n) is 5.98. The highest BCUT2D eigenvalue weighted by atomic mass is 28.3. The summed E-state index contributed by atoms with van der Waals surface area (Å²) in [6, 6.07) is 0.162. The van der Waals surface area contributed by atoms with Crippen LogP contribution in [0.25, 0.3) is 0 Å². The second-order valence-corrected chi connectivity index (χ2v) is 11.6. The number of carboxylic acids is 2. The third kappa shape index (κ3) is 4.50. The summed E-state index contributed by atoms with van der Waals surface area (Å²) in [6.07, 6.45) is 0.840. The van der Waals surface area contributed by atoms with E-state index in [1.807, 2.05) is 33.5 Å². The smallest absolute Gasteiger partial charge is 0.0529 e. The largest absolute Gasteiger partial charge is 0.549 e. The van der Waals surface area contributed by atoms with E-state index in [0.717, 1.165) is 6.42 Å². The van der Waals surface area contributed by atoms with Crippen LogP contribution in [0.3, 0.4) is 0 Å². The lowest BCUT2D eigenvalue weighted by Crippen LogP contribution is -2.57. The molecule has 1 unspecified atom stereocenters. The van der Waals surface area contributed by atoms with Gasteiger partial charge < -0.3 is 19.8 Å². The summed E-state index contributed by atoms with van der Waals surface area (Å²) in [6.45, 7) is 9.61. The first kappa shape index (κ1) is 16.2. The molecule has 0 saturated carbocycles. The SMILES string of the molecule is CCC(C)CC(C[Si](C)(C)C)(C(=O)[O-])C(=O)[O-]. The highest BCUT2D eigenvalue weighted by Gasteiger charge is 2.39. The van der Waals surface area contributed by atoms with Crippen LogP contribution in [-0.2, 0) is 9.59 Å². The Balaban J connectivity index is 5.29. The van der Waals surface area contributed by atoms with E-state index in [1.165, 1.54) is 0 Å². The van der Waals surface area contributed by atoms with Gasteiger partial charge in [0.25, 0.3) is 0 Å². The third-order valence-electron chi connectivity index (χ3n) is 3.01. The molecule has 0 rings (SSSR count). The normalized spacial score (nSPS) is 14.4. The van der Waals surface area contributed by atoms with Gasteiger partial charge in [0.2, 0.25) is 0 Å². The minimum absolute atomic E-state index is 0.0298. The standard InChI is InChI=1S/C12H24O4Si/c1-6-9(2)7-12(10(13)14,11(15)16)8-17(3,4)5/h9H,6-8H2,1-5H3,(H,13,14)(H,15,16)/p-2. The van der Waals surface area contributed by atoms with Crippen LogP contribution < -0.4 is 10.2 Å². The average molecular weight is 258 g/mol. The van der Waals surface area contributed by atoms with Gasteiger partial charge in [0, 0.05) is 13.5 Å². The van der Waals surface area contributed by atoms with E-state index in [2.05, 4.69) is 0 Å². The molecule has 0 saturated heterocycles. The molecular formula is C12H22O4Si-2.